The van der Waals surface area contributed by atoms with Gasteiger partial charge in [-0.2, -0.15) is 0 Å². The van der Waals surface area contributed by atoms with Gasteiger partial charge >= 0.3 is 0 Å². The Bertz CT molecular complexity index is 1210. The van der Waals surface area contributed by atoms with Crippen molar-refractivity contribution in [3.63, 3.8) is 0 Å². The number of hydrogen-bond acceptors (Lipinski definition) is 7. The molecular weight excluding hydrogens is 474 g/mol. The number of nitrogens with two attached hydrogens (primary N) is 1. The minimum absolute atomic E-state index is 0.109. The minimum Gasteiger partial charge on any atom is -0.457 e. The highest BCUT2D eigenvalue weighted by Crippen LogP contribution is 2.36. The Kier molecular flexibility index (Phi) is 8.35. The molecule has 1 aliphatic rings. The number of nitrogens with zero attached hydrogens (tertiary/aromatic N) is 3. The van der Waals surface area contributed by atoms with E-state index in [-0.39, 0.29) is 11.9 Å². The lowest BCUT2D eigenvalue weighted by Crippen LogP contribution is -2.39. The van der Waals surface area contributed by atoms with Gasteiger partial charge in [0.1, 0.15) is 16.4 Å². The van der Waals surface area contributed by atoms with Crippen molar-refractivity contribution in [2.45, 2.75) is 18.9 Å². The Hall–Kier alpha value is -3.69. The first kappa shape index (κ1) is 25.4. The molecule has 9 heteroatoms. The van der Waals surface area contributed by atoms with E-state index >= 15 is 0 Å². The molecule has 2 amide bonds. The van der Waals surface area contributed by atoms with Gasteiger partial charge in [-0.15, -0.1) is 0 Å². The number of carbonyl (C=O) groups is 2. The Morgan fingerprint density at radius 3 is 2.58 bits per heavy atom. The zero-order valence-electron chi connectivity index (χ0n) is 20.5. The van der Waals surface area contributed by atoms with Gasteiger partial charge in [-0.05, 0) is 63.3 Å². The highest BCUT2D eigenvalue weighted by molar-refractivity contribution is 7.18. The molecule has 0 bridgehead atoms. The number of anilines is 1. The Balaban J connectivity index is 1.47. The van der Waals surface area contributed by atoms with Crippen molar-refractivity contribution in [3.05, 3.63) is 71.6 Å². The smallest absolute Gasteiger partial charge is 0.261 e. The average Bonchev–Trinajstić information content (AvgIpc) is 3.51. The highest BCUT2D eigenvalue weighted by Gasteiger charge is 2.29. The lowest BCUT2D eigenvalue weighted by Gasteiger charge is -2.24. The molecule has 1 unspecified atom stereocenters. The molecule has 3 aromatic rings. The fourth-order valence-corrected chi connectivity index (χ4v) is 5.09. The maximum Gasteiger partial charge on any atom is 0.261 e. The summed E-state index contributed by atoms with van der Waals surface area (Å²) in [7, 11) is 3.91. The van der Waals surface area contributed by atoms with Crippen LogP contribution in [0.3, 0.4) is 0 Å². The van der Waals surface area contributed by atoms with E-state index in [1.165, 1.54) is 11.3 Å². The molecule has 0 saturated carbocycles. The third kappa shape index (κ3) is 6.50. The molecule has 1 atom stereocenters. The van der Waals surface area contributed by atoms with Crippen molar-refractivity contribution >= 4 is 28.3 Å². The van der Waals surface area contributed by atoms with Crippen LogP contribution in [0.5, 0.6) is 11.5 Å². The fourth-order valence-electron chi connectivity index (χ4n) is 4.05. The summed E-state index contributed by atoms with van der Waals surface area (Å²) in [5, 5.41) is 3.72. The van der Waals surface area contributed by atoms with Crippen LogP contribution in [-0.2, 0) is 4.79 Å². The van der Waals surface area contributed by atoms with Crippen LogP contribution in [0.25, 0.3) is 11.3 Å². The molecule has 1 saturated heterocycles. The van der Waals surface area contributed by atoms with Crippen LogP contribution in [0.1, 0.15) is 22.5 Å². The van der Waals surface area contributed by atoms with Gasteiger partial charge in [0.25, 0.3) is 5.91 Å². The number of rotatable bonds is 10. The Morgan fingerprint density at radius 2 is 1.89 bits per heavy atom. The first-order chi connectivity index (χ1) is 17.4. The van der Waals surface area contributed by atoms with Crippen molar-refractivity contribution in [2.75, 3.05) is 38.6 Å². The summed E-state index contributed by atoms with van der Waals surface area (Å²) >= 11 is 1.30. The molecule has 0 radical (unpaired) electrons. The standard InChI is InChI=1S/C27H31N5O3S/c1-31(2)16-7-11-23(33)29-18-20-8-6-17-32(20)27-30-24(25(36-27)26(28)34)19-12-14-22(15-13-19)35-21-9-4-3-5-10-21/h3-5,7,9-15,20H,6,8,16-18H2,1-2H3,(H2,28,34)(H,29,33). The first-order valence-corrected chi connectivity index (χ1v) is 12.7. The lowest BCUT2D eigenvalue weighted by molar-refractivity contribution is -0.116. The fraction of sp³-hybridized carbons (Fsp3) is 0.296. The number of thiazole rings is 1. The third-order valence-electron chi connectivity index (χ3n) is 5.82. The molecular formula is C27H31N5O3S. The number of para-hydroxylation sites is 1. The average molecular weight is 506 g/mol. The van der Waals surface area contributed by atoms with Crippen molar-refractivity contribution in [3.8, 4) is 22.8 Å². The zero-order valence-corrected chi connectivity index (χ0v) is 21.3. The number of aromatic nitrogens is 1. The Morgan fingerprint density at radius 1 is 1.17 bits per heavy atom. The number of benzene rings is 2. The lowest BCUT2D eigenvalue weighted by atomic mass is 10.1. The van der Waals surface area contributed by atoms with Crippen LogP contribution in [0.15, 0.2) is 66.7 Å². The number of primary amides is 1. The second kappa shape index (κ2) is 11.8. The van der Waals surface area contributed by atoms with Gasteiger partial charge in [0.2, 0.25) is 5.91 Å². The van der Waals surface area contributed by atoms with Gasteiger partial charge < -0.3 is 25.6 Å². The summed E-state index contributed by atoms with van der Waals surface area (Å²) in [4.78, 5) is 33.8. The van der Waals surface area contributed by atoms with E-state index in [0.717, 1.165) is 35.8 Å². The normalized spacial score (nSPS) is 15.5. The van der Waals surface area contributed by atoms with Crippen molar-refractivity contribution in [1.29, 1.82) is 0 Å². The molecule has 0 aliphatic carbocycles. The number of hydrogen-bond donors (Lipinski definition) is 2. The van der Waals surface area contributed by atoms with Gasteiger partial charge in [0, 0.05) is 37.3 Å². The second-order valence-electron chi connectivity index (χ2n) is 8.88. The van der Waals surface area contributed by atoms with Crippen molar-refractivity contribution in [1.82, 2.24) is 15.2 Å². The molecule has 4 rings (SSSR count). The summed E-state index contributed by atoms with van der Waals surface area (Å²) in [6, 6.07) is 17.1. The van der Waals surface area contributed by atoms with E-state index < -0.39 is 5.91 Å². The summed E-state index contributed by atoms with van der Waals surface area (Å²) in [6.07, 6.45) is 5.33. The maximum absolute atomic E-state index is 12.3. The van der Waals surface area contributed by atoms with Gasteiger partial charge in [0.05, 0.1) is 5.69 Å². The van der Waals surface area contributed by atoms with Gasteiger partial charge in [-0.1, -0.05) is 35.6 Å². The maximum atomic E-state index is 12.3. The zero-order chi connectivity index (χ0) is 25.5. The van der Waals surface area contributed by atoms with E-state index in [1.54, 1.807) is 6.08 Å². The number of nitrogens with one attached hydrogen (secondary N) is 1. The van der Waals surface area contributed by atoms with Crippen LogP contribution in [0, 0.1) is 0 Å². The molecule has 2 heterocycles. The van der Waals surface area contributed by atoms with E-state index in [1.807, 2.05) is 79.7 Å². The largest absolute Gasteiger partial charge is 0.457 e. The van der Waals surface area contributed by atoms with Gasteiger partial charge in [0.15, 0.2) is 5.13 Å². The molecule has 36 heavy (non-hydrogen) atoms. The number of likely N-dealkylation sites (N-methyl/N-ethyl adjacent to an activating group) is 1. The van der Waals surface area contributed by atoms with Crippen LogP contribution in [-0.4, -0.2) is 61.5 Å². The van der Waals surface area contributed by atoms with E-state index in [2.05, 4.69) is 10.2 Å². The third-order valence-corrected chi connectivity index (χ3v) is 6.93. The van der Waals surface area contributed by atoms with E-state index in [4.69, 9.17) is 15.5 Å². The molecule has 2 aromatic carbocycles. The summed E-state index contributed by atoms with van der Waals surface area (Å²) in [6.45, 7) is 2.03. The van der Waals surface area contributed by atoms with Crippen LogP contribution < -0.4 is 20.7 Å². The monoisotopic (exact) mass is 505 g/mol. The Labute approximate surface area is 215 Å². The van der Waals surface area contributed by atoms with Crippen LogP contribution in [0.2, 0.25) is 0 Å². The SMILES string of the molecule is CN(C)CC=CC(=O)NCC1CCCN1c1nc(-c2ccc(Oc3ccccc3)cc2)c(C(N)=O)s1. The first-order valence-electron chi connectivity index (χ1n) is 11.9. The molecule has 188 valence electrons. The highest BCUT2D eigenvalue weighted by atomic mass is 32.1. The topological polar surface area (TPSA) is 101 Å². The quantitative estimate of drug-likeness (QED) is 0.405. The van der Waals surface area contributed by atoms with Gasteiger partial charge in [-0.3, -0.25) is 9.59 Å². The summed E-state index contributed by atoms with van der Waals surface area (Å²) in [5.74, 6) is 0.822. The van der Waals surface area contributed by atoms with E-state index in [0.29, 0.717) is 29.4 Å². The van der Waals surface area contributed by atoms with Crippen molar-refractivity contribution in [2.24, 2.45) is 5.73 Å². The minimum atomic E-state index is -0.506. The predicted octanol–water partition coefficient (Wildman–Crippen LogP) is 3.90. The molecule has 8 nitrogen and oxygen atoms in total. The van der Waals surface area contributed by atoms with Crippen molar-refractivity contribution < 1.29 is 14.3 Å². The van der Waals surface area contributed by atoms with Crippen LogP contribution >= 0.6 is 11.3 Å². The van der Waals surface area contributed by atoms with E-state index in [9.17, 15) is 9.59 Å². The number of amides is 2. The second-order valence-corrected chi connectivity index (χ2v) is 9.85. The predicted molar refractivity (Wildman–Crippen MR) is 144 cm³/mol. The molecule has 1 aromatic heterocycles. The molecule has 1 fully saturated rings. The summed E-state index contributed by atoms with van der Waals surface area (Å²) < 4.78 is 5.87. The molecule has 0 spiro atoms. The van der Waals surface area contributed by atoms with Gasteiger partial charge in [-0.25, -0.2) is 4.98 Å². The number of carbonyl (C=O) groups excluding carboxylic acids is 2. The summed E-state index contributed by atoms with van der Waals surface area (Å²) in [5.41, 5.74) is 7.08. The number of ether oxygens (including phenoxy) is 1. The van der Waals surface area contributed by atoms with Crippen LogP contribution in [0.4, 0.5) is 5.13 Å². The molecule has 3 N–H and O–H groups in total. The molecule has 1 aliphatic heterocycles.